The third kappa shape index (κ3) is 3.23. The third-order valence-corrected chi connectivity index (χ3v) is 2.38. The van der Waals surface area contributed by atoms with E-state index in [0.29, 0.717) is 6.07 Å². The van der Waals surface area contributed by atoms with Gasteiger partial charge >= 0.3 is 0 Å². The fourth-order valence-corrected chi connectivity index (χ4v) is 1.42. The second kappa shape index (κ2) is 5.71. The monoisotopic (exact) mass is 271 g/mol. The fourth-order valence-electron chi connectivity index (χ4n) is 1.42. The number of hydrogen-bond donors (Lipinski definition) is 1. The Bertz CT molecular complexity index is 569. The maximum absolute atomic E-state index is 13.2. The predicted molar refractivity (Wildman–Crippen MR) is 61.1 cm³/mol. The van der Waals surface area contributed by atoms with Gasteiger partial charge in [0.05, 0.1) is 0 Å². The predicted octanol–water partition coefficient (Wildman–Crippen LogP) is 3.79. The minimum absolute atomic E-state index is 0.0608. The van der Waals surface area contributed by atoms with Crippen LogP contribution in [0.1, 0.15) is 5.56 Å². The summed E-state index contributed by atoms with van der Waals surface area (Å²) in [6.07, 6.45) is 0. The van der Waals surface area contributed by atoms with Crippen molar-refractivity contribution in [2.75, 3.05) is 5.48 Å². The van der Waals surface area contributed by atoms with Crippen LogP contribution < -0.4 is 5.48 Å². The average molecular weight is 271 g/mol. The summed E-state index contributed by atoms with van der Waals surface area (Å²) in [5, 5.41) is 0. The Morgan fingerprint density at radius 3 is 2.21 bits per heavy atom. The summed E-state index contributed by atoms with van der Waals surface area (Å²) in [7, 11) is 0. The number of halogens is 4. The molecule has 0 aliphatic rings. The van der Waals surface area contributed by atoms with E-state index in [4.69, 9.17) is 4.84 Å². The van der Waals surface area contributed by atoms with Gasteiger partial charge in [-0.1, -0.05) is 12.1 Å². The van der Waals surface area contributed by atoms with Gasteiger partial charge in [-0.05, 0) is 18.2 Å². The summed E-state index contributed by atoms with van der Waals surface area (Å²) >= 11 is 0. The Labute approximate surface area is 106 Å². The summed E-state index contributed by atoms with van der Waals surface area (Å²) in [6, 6.07) is 6.24. The molecule has 0 radical (unpaired) electrons. The molecule has 0 aromatic heterocycles. The molecule has 0 amide bonds. The maximum atomic E-state index is 13.2. The van der Waals surface area contributed by atoms with Crippen molar-refractivity contribution < 1.29 is 22.4 Å². The highest BCUT2D eigenvalue weighted by Gasteiger charge is 2.09. The Morgan fingerprint density at radius 2 is 1.58 bits per heavy atom. The fraction of sp³-hybridized carbons (Fsp3) is 0.0769. The summed E-state index contributed by atoms with van der Waals surface area (Å²) in [6.45, 7) is -0.306. The molecule has 100 valence electrons. The van der Waals surface area contributed by atoms with Gasteiger partial charge < -0.3 is 0 Å². The van der Waals surface area contributed by atoms with E-state index in [9.17, 15) is 17.6 Å². The summed E-state index contributed by atoms with van der Waals surface area (Å²) in [5.41, 5.74) is 1.65. The van der Waals surface area contributed by atoms with Crippen molar-refractivity contribution in [3.8, 4) is 0 Å². The van der Waals surface area contributed by atoms with Crippen molar-refractivity contribution in [3.05, 3.63) is 65.2 Å². The molecule has 0 aliphatic heterocycles. The largest absolute Gasteiger partial charge is 0.271 e. The van der Waals surface area contributed by atoms with E-state index < -0.39 is 29.0 Å². The Balaban J connectivity index is 2.00. The highest BCUT2D eigenvalue weighted by atomic mass is 19.1. The van der Waals surface area contributed by atoms with E-state index in [1.807, 2.05) is 0 Å². The van der Waals surface area contributed by atoms with Crippen LogP contribution in [0.15, 0.2) is 36.4 Å². The molecule has 0 aliphatic carbocycles. The first-order chi connectivity index (χ1) is 9.08. The first kappa shape index (κ1) is 13.4. The number of anilines is 1. The van der Waals surface area contributed by atoms with E-state index in [0.717, 1.165) is 18.2 Å². The van der Waals surface area contributed by atoms with Crippen molar-refractivity contribution >= 4 is 5.69 Å². The van der Waals surface area contributed by atoms with Gasteiger partial charge in [-0.2, -0.15) is 0 Å². The number of rotatable bonds is 4. The van der Waals surface area contributed by atoms with E-state index in [-0.39, 0.29) is 12.2 Å². The number of para-hydroxylation sites is 1. The summed E-state index contributed by atoms with van der Waals surface area (Å²) < 4.78 is 52.3. The highest BCUT2D eigenvalue weighted by molar-refractivity contribution is 5.43. The van der Waals surface area contributed by atoms with Crippen LogP contribution in [0.5, 0.6) is 0 Å². The average Bonchev–Trinajstić information content (AvgIpc) is 2.35. The van der Waals surface area contributed by atoms with Crippen LogP contribution in [0.2, 0.25) is 0 Å². The molecule has 2 nitrogen and oxygen atoms in total. The van der Waals surface area contributed by atoms with E-state index in [1.165, 1.54) is 12.1 Å². The van der Waals surface area contributed by atoms with Crippen LogP contribution in [0, 0.1) is 23.3 Å². The zero-order chi connectivity index (χ0) is 13.8. The molecule has 2 rings (SSSR count). The molecular weight excluding hydrogens is 262 g/mol. The molecule has 2 aromatic carbocycles. The van der Waals surface area contributed by atoms with Gasteiger partial charge in [0.1, 0.15) is 23.9 Å². The van der Waals surface area contributed by atoms with Gasteiger partial charge in [0.15, 0.2) is 11.6 Å². The molecule has 6 heteroatoms. The molecule has 19 heavy (non-hydrogen) atoms. The lowest BCUT2D eigenvalue weighted by Crippen LogP contribution is -2.06. The second-order valence-corrected chi connectivity index (χ2v) is 3.72. The van der Waals surface area contributed by atoms with E-state index in [2.05, 4.69) is 5.48 Å². The van der Waals surface area contributed by atoms with Crippen LogP contribution in [-0.2, 0) is 11.4 Å². The van der Waals surface area contributed by atoms with Crippen molar-refractivity contribution in [1.29, 1.82) is 0 Å². The van der Waals surface area contributed by atoms with Gasteiger partial charge in [-0.3, -0.25) is 10.3 Å². The Kier molecular flexibility index (Phi) is 4.01. The van der Waals surface area contributed by atoms with Crippen molar-refractivity contribution in [2.24, 2.45) is 0 Å². The minimum Gasteiger partial charge on any atom is -0.271 e. The number of hydrogen-bond acceptors (Lipinski definition) is 2. The lowest BCUT2D eigenvalue weighted by molar-refractivity contribution is 0.174. The summed E-state index contributed by atoms with van der Waals surface area (Å²) in [4.78, 5) is 4.80. The van der Waals surface area contributed by atoms with E-state index >= 15 is 0 Å². The Morgan fingerprint density at radius 1 is 0.895 bits per heavy atom. The van der Waals surface area contributed by atoms with Crippen molar-refractivity contribution in [2.45, 2.75) is 6.61 Å². The molecule has 2 aromatic rings. The first-order valence-electron chi connectivity index (χ1n) is 5.33. The van der Waals surface area contributed by atoms with Crippen molar-refractivity contribution in [1.82, 2.24) is 0 Å². The SMILES string of the molecule is Fc1ccc(CONc2c(F)cccc2F)c(F)c1. The lowest BCUT2D eigenvalue weighted by Gasteiger charge is -2.09. The van der Waals surface area contributed by atoms with Crippen molar-refractivity contribution in [3.63, 3.8) is 0 Å². The van der Waals surface area contributed by atoms with Crippen LogP contribution >= 0.6 is 0 Å². The zero-order valence-electron chi connectivity index (χ0n) is 9.59. The van der Waals surface area contributed by atoms with Gasteiger partial charge in [-0.15, -0.1) is 0 Å². The second-order valence-electron chi connectivity index (χ2n) is 3.72. The van der Waals surface area contributed by atoms with E-state index in [1.54, 1.807) is 0 Å². The standard InChI is InChI=1S/C13H9F4NO/c14-9-5-4-8(12(17)6-9)7-19-18-13-10(15)2-1-3-11(13)16/h1-6,18H,7H2. The minimum atomic E-state index is -0.834. The molecule has 0 heterocycles. The molecule has 0 unspecified atom stereocenters. The molecule has 1 N–H and O–H groups in total. The van der Waals surface area contributed by atoms with Gasteiger partial charge in [-0.25, -0.2) is 17.6 Å². The highest BCUT2D eigenvalue weighted by Crippen LogP contribution is 2.18. The smallest absolute Gasteiger partial charge is 0.151 e. The topological polar surface area (TPSA) is 21.3 Å². The van der Waals surface area contributed by atoms with Crippen LogP contribution in [0.25, 0.3) is 0 Å². The summed E-state index contributed by atoms with van der Waals surface area (Å²) in [5.74, 6) is -3.18. The maximum Gasteiger partial charge on any atom is 0.151 e. The molecule has 0 saturated carbocycles. The number of benzene rings is 2. The van der Waals surface area contributed by atoms with Gasteiger partial charge in [0.2, 0.25) is 0 Å². The number of nitrogens with one attached hydrogen (secondary N) is 1. The molecule has 0 spiro atoms. The first-order valence-corrected chi connectivity index (χ1v) is 5.33. The molecule has 0 bridgehead atoms. The van der Waals surface area contributed by atoms with Gasteiger partial charge in [0, 0.05) is 11.6 Å². The van der Waals surface area contributed by atoms with Crippen LogP contribution in [0.4, 0.5) is 23.2 Å². The zero-order valence-corrected chi connectivity index (χ0v) is 9.59. The quantitative estimate of drug-likeness (QED) is 0.674. The Hall–Kier alpha value is -2.08. The molecular formula is C13H9F4NO. The van der Waals surface area contributed by atoms with Crippen LogP contribution in [0.3, 0.4) is 0 Å². The third-order valence-electron chi connectivity index (χ3n) is 2.38. The lowest BCUT2D eigenvalue weighted by atomic mass is 10.2. The van der Waals surface area contributed by atoms with Crippen LogP contribution in [-0.4, -0.2) is 0 Å². The van der Waals surface area contributed by atoms with Gasteiger partial charge in [0.25, 0.3) is 0 Å². The molecule has 0 fully saturated rings. The normalized spacial score (nSPS) is 10.5. The molecule has 0 saturated heterocycles. The molecule has 0 atom stereocenters.